The summed E-state index contributed by atoms with van der Waals surface area (Å²) in [7, 11) is 0. The van der Waals surface area contributed by atoms with E-state index in [-0.39, 0.29) is 24.2 Å². The lowest BCUT2D eigenvalue weighted by Crippen LogP contribution is -2.19. The van der Waals surface area contributed by atoms with Crippen LogP contribution < -0.4 is 0 Å². The van der Waals surface area contributed by atoms with E-state index >= 15 is 0 Å². The summed E-state index contributed by atoms with van der Waals surface area (Å²) in [5, 5.41) is 27.6. The molecule has 0 aromatic heterocycles. The van der Waals surface area contributed by atoms with Crippen LogP contribution in [0.4, 0.5) is 0 Å². The monoisotopic (exact) mass is 344 g/mol. The zero-order valence-electron chi connectivity index (χ0n) is 15.2. The largest absolute Gasteiger partial charge is 0.481 e. The molecular weight excluding hydrogens is 308 g/mol. The Morgan fingerprint density at radius 2 is 1.42 bits per heavy atom. The summed E-state index contributed by atoms with van der Waals surface area (Å²) in [6, 6.07) is 0. The first-order chi connectivity index (χ1) is 11.5. The van der Waals surface area contributed by atoms with Gasteiger partial charge in [-0.1, -0.05) is 51.9 Å². The number of ketones is 1. The van der Waals surface area contributed by atoms with E-state index in [1.165, 1.54) is 0 Å². The number of rotatable bonds is 17. The van der Waals surface area contributed by atoms with Crippen molar-refractivity contribution >= 4 is 11.8 Å². The molecule has 0 aliphatic carbocycles. The molecule has 0 saturated carbocycles. The second-order valence-electron chi connectivity index (χ2n) is 6.75. The Kier molecular flexibility index (Phi) is 15.0. The van der Waals surface area contributed by atoms with Crippen LogP contribution in [0, 0.1) is 5.92 Å². The van der Waals surface area contributed by atoms with E-state index < -0.39 is 12.6 Å². The summed E-state index contributed by atoms with van der Waals surface area (Å²) >= 11 is 0. The molecule has 0 aromatic rings. The second-order valence-corrected chi connectivity index (χ2v) is 6.75. The third kappa shape index (κ3) is 13.5. The number of Topliss-reactive ketones (excluding diaryl/α,β-unsaturated/α-hetero) is 1. The summed E-state index contributed by atoms with van der Waals surface area (Å²) in [6.45, 7) is 1.72. The Morgan fingerprint density at radius 1 is 0.833 bits per heavy atom. The molecule has 0 rings (SSSR count). The number of carbonyl (C=O) groups excluding carboxylic acids is 1. The van der Waals surface area contributed by atoms with Crippen molar-refractivity contribution < 1.29 is 24.9 Å². The van der Waals surface area contributed by atoms with E-state index in [9.17, 15) is 14.7 Å². The first-order valence-corrected chi connectivity index (χ1v) is 9.54. The minimum atomic E-state index is -0.763. The average Bonchev–Trinajstić information content (AvgIpc) is 2.55. The van der Waals surface area contributed by atoms with Gasteiger partial charge in [0.15, 0.2) is 5.78 Å². The molecule has 0 spiro atoms. The number of unbranched alkanes of at least 4 members (excludes halogenated alkanes) is 5. The molecule has 0 fully saturated rings. The summed E-state index contributed by atoms with van der Waals surface area (Å²) in [5.74, 6) is -1.00. The summed E-state index contributed by atoms with van der Waals surface area (Å²) < 4.78 is 0. The molecule has 3 N–H and O–H groups in total. The number of hydrogen-bond donors (Lipinski definition) is 3. The van der Waals surface area contributed by atoms with Crippen molar-refractivity contribution in [1.82, 2.24) is 0 Å². The standard InChI is InChI=1S/C19H36O5/c1-2-3-6-12-17(21)13-9-11-16(18(22)15-20)10-7-4-5-8-14-19(23)24/h16-17,20-21H,2-15H2,1H3,(H,23,24). The van der Waals surface area contributed by atoms with Gasteiger partial charge >= 0.3 is 5.97 Å². The zero-order valence-corrected chi connectivity index (χ0v) is 15.2. The van der Waals surface area contributed by atoms with Gasteiger partial charge in [0.2, 0.25) is 0 Å². The maximum Gasteiger partial charge on any atom is 0.303 e. The lowest BCUT2D eigenvalue weighted by atomic mass is 9.90. The van der Waals surface area contributed by atoms with Gasteiger partial charge in [0.25, 0.3) is 0 Å². The van der Waals surface area contributed by atoms with Gasteiger partial charge in [0.1, 0.15) is 6.61 Å². The van der Waals surface area contributed by atoms with E-state index in [1.54, 1.807) is 0 Å². The van der Waals surface area contributed by atoms with Gasteiger partial charge in [-0.3, -0.25) is 9.59 Å². The number of aliphatic hydroxyl groups excluding tert-OH is 2. The molecule has 0 heterocycles. The Bertz CT molecular complexity index is 330. The molecule has 0 aliphatic rings. The molecule has 0 radical (unpaired) electrons. The molecule has 0 saturated heterocycles. The van der Waals surface area contributed by atoms with E-state index in [0.717, 1.165) is 70.6 Å². The normalized spacial score (nSPS) is 13.6. The van der Waals surface area contributed by atoms with Gasteiger partial charge in [-0.2, -0.15) is 0 Å². The van der Waals surface area contributed by atoms with Gasteiger partial charge in [-0.25, -0.2) is 0 Å². The van der Waals surface area contributed by atoms with Crippen LogP contribution in [0.2, 0.25) is 0 Å². The highest BCUT2D eigenvalue weighted by Crippen LogP contribution is 2.20. The molecule has 24 heavy (non-hydrogen) atoms. The van der Waals surface area contributed by atoms with E-state index in [1.807, 2.05) is 0 Å². The first kappa shape index (κ1) is 23.1. The minimum absolute atomic E-state index is 0.110. The maximum atomic E-state index is 11.8. The van der Waals surface area contributed by atoms with Crippen molar-refractivity contribution in [1.29, 1.82) is 0 Å². The maximum absolute atomic E-state index is 11.8. The van der Waals surface area contributed by atoms with Crippen LogP contribution in [0.5, 0.6) is 0 Å². The minimum Gasteiger partial charge on any atom is -0.481 e. The lowest BCUT2D eigenvalue weighted by Gasteiger charge is -2.16. The fourth-order valence-corrected chi connectivity index (χ4v) is 2.99. The molecule has 5 nitrogen and oxygen atoms in total. The number of carbonyl (C=O) groups is 2. The highest BCUT2D eigenvalue weighted by molar-refractivity contribution is 5.81. The van der Waals surface area contributed by atoms with Gasteiger partial charge < -0.3 is 15.3 Å². The molecule has 0 aromatic carbocycles. The third-order valence-corrected chi connectivity index (χ3v) is 4.54. The van der Waals surface area contributed by atoms with Crippen LogP contribution in [0.25, 0.3) is 0 Å². The molecular formula is C19H36O5. The lowest BCUT2D eigenvalue weighted by molar-refractivity contribution is -0.137. The van der Waals surface area contributed by atoms with Crippen LogP contribution in [-0.2, 0) is 9.59 Å². The Morgan fingerprint density at radius 3 is 2.04 bits per heavy atom. The van der Waals surface area contributed by atoms with E-state index in [2.05, 4.69) is 6.92 Å². The molecule has 5 heteroatoms. The van der Waals surface area contributed by atoms with Gasteiger partial charge in [0, 0.05) is 12.3 Å². The van der Waals surface area contributed by atoms with Crippen LogP contribution in [0.3, 0.4) is 0 Å². The molecule has 0 aliphatic heterocycles. The van der Waals surface area contributed by atoms with Crippen LogP contribution in [0.1, 0.15) is 90.4 Å². The molecule has 2 atom stereocenters. The van der Waals surface area contributed by atoms with Crippen molar-refractivity contribution in [3.05, 3.63) is 0 Å². The zero-order chi connectivity index (χ0) is 18.2. The highest BCUT2D eigenvalue weighted by Gasteiger charge is 2.17. The Labute approximate surface area is 146 Å². The summed E-state index contributed by atoms with van der Waals surface area (Å²) in [4.78, 5) is 22.2. The predicted molar refractivity (Wildman–Crippen MR) is 94.9 cm³/mol. The fourth-order valence-electron chi connectivity index (χ4n) is 2.99. The number of carboxylic acids is 1. The number of aliphatic carboxylic acids is 1. The Balaban J connectivity index is 3.89. The topological polar surface area (TPSA) is 94.8 Å². The summed E-state index contributed by atoms with van der Waals surface area (Å²) in [5.41, 5.74) is 0. The number of hydrogen-bond acceptors (Lipinski definition) is 4. The second kappa shape index (κ2) is 15.6. The smallest absolute Gasteiger partial charge is 0.303 e. The Hall–Kier alpha value is -0.940. The summed E-state index contributed by atoms with van der Waals surface area (Å²) in [6.07, 6.45) is 10.4. The van der Waals surface area contributed by atoms with Crippen molar-refractivity contribution in [2.24, 2.45) is 5.92 Å². The average molecular weight is 344 g/mol. The SMILES string of the molecule is CCCCCC(O)CCCC(CCCCCCC(=O)O)C(=O)CO. The van der Waals surface area contributed by atoms with Gasteiger partial charge in [-0.15, -0.1) is 0 Å². The van der Waals surface area contributed by atoms with Crippen molar-refractivity contribution in [3.63, 3.8) is 0 Å². The van der Waals surface area contributed by atoms with Crippen molar-refractivity contribution in [3.8, 4) is 0 Å². The first-order valence-electron chi connectivity index (χ1n) is 9.54. The number of carboxylic acid groups (broad SMARTS) is 1. The molecule has 0 amide bonds. The van der Waals surface area contributed by atoms with E-state index in [4.69, 9.17) is 10.2 Å². The van der Waals surface area contributed by atoms with E-state index in [0.29, 0.717) is 6.42 Å². The van der Waals surface area contributed by atoms with Crippen LogP contribution in [0.15, 0.2) is 0 Å². The van der Waals surface area contributed by atoms with Gasteiger partial charge in [0.05, 0.1) is 6.10 Å². The molecule has 0 bridgehead atoms. The van der Waals surface area contributed by atoms with Crippen molar-refractivity contribution in [2.75, 3.05) is 6.61 Å². The molecule has 142 valence electrons. The van der Waals surface area contributed by atoms with Crippen LogP contribution in [-0.4, -0.2) is 39.8 Å². The fraction of sp³-hybridized carbons (Fsp3) is 0.895. The van der Waals surface area contributed by atoms with Crippen molar-refractivity contribution in [2.45, 2.75) is 96.5 Å². The van der Waals surface area contributed by atoms with Gasteiger partial charge in [-0.05, 0) is 32.1 Å². The number of aliphatic hydroxyl groups is 2. The highest BCUT2D eigenvalue weighted by atomic mass is 16.4. The predicted octanol–water partition coefficient (Wildman–Crippen LogP) is 3.70. The third-order valence-electron chi connectivity index (χ3n) is 4.54. The molecule has 2 unspecified atom stereocenters. The van der Waals surface area contributed by atoms with Crippen LogP contribution >= 0.6 is 0 Å². The quantitative estimate of drug-likeness (QED) is 0.350.